The van der Waals surface area contributed by atoms with E-state index < -0.39 is 10.2 Å². The summed E-state index contributed by atoms with van der Waals surface area (Å²) in [6, 6.07) is 7.53. The lowest BCUT2D eigenvalue weighted by atomic mass is 10.0. The first-order valence-electron chi connectivity index (χ1n) is 7.44. The van der Waals surface area contributed by atoms with E-state index in [1.165, 1.54) is 8.61 Å². The normalized spacial score (nSPS) is 20.4. The van der Waals surface area contributed by atoms with Gasteiger partial charge in [-0.25, -0.2) is 0 Å². The molecule has 1 aromatic carbocycles. The summed E-state index contributed by atoms with van der Waals surface area (Å²) in [7, 11) is -3.53. The number of anilines is 1. The molecule has 1 heterocycles. The van der Waals surface area contributed by atoms with Gasteiger partial charge in [-0.3, -0.25) is 4.31 Å². The fourth-order valence-corrected chi connectivity index (χ4v) is 4.53. The summed E-state index contributed by atoms with van der Waals surface area (Å²) >= 11 is 0. The van der Waals surface area contributed by atoms with E-state index in [9.17, 15) is 13.5 Å². The van der Waals surface area contributed by atoms with Crippen molar-refractivity contribution in [2.24, 2.45) is 5.92 Å². The number of aliphatic hydroxyl groups excluding tert-OH is 1. The van der Waals surface area contributed by atoms with Crippen molar-refractivity contribution >= 4 is 15.9 Å². The number of benzene rings is 1. The van der Waals surface area contributed by atoms with Gasteiger partial charge in [0.15, 0.2) is 0 Å². The average Bonchev–Trinajstić information content (AvgIpc) is 2.48. The minimum atomic E-state index is -3.53. The van der Waals surface area contributed by atoms with Crippen LogP contribution in [0.2, 0.25) is 0 Å². The molecule has 21 heavy (non-hydrogen) atoms. The SMILES string of the molecule is CCN(c1cccc(C)c1)S(=O)(=O)N1CCCC(CO)C1. The van der Waals surface area contributed by atoms with Crippen LogP contribution in [0.15, 0.2) is 24.3 Å². The van der Waals surface area contributed by atoms with E-state index in [1.807, 2.05) is 38.1 Å². The first-order valence-corrected chi connectivity index (χ1v) is 8.84. The molecule has 1 N–H and O–H groups in total. The van der Waals surface area contributed by atoms with Gasteiger partial charge in [0.1, 0.15) is 0 Å². The predicted octanol–water partition coefficient (Wildman–Crippen LogP) is 1.77. The quantitative estimate of drug-likeness (QED) is 0.901. The Bertz CT molecular complexity index is 574. The Morgan fingerprint density at radius 1 is 1.43 bits per heavy atom. The number of nitrogens with zero attached hydrogens (tertiary/aromatic N) is 2. The van der Waals surface area contributed by atoms with Gasteiger partial charge in [0.05, 0.1) is 5.69 Å². The van der Waals surface area contributed by atoms with E-state index in [4.69, 9.17) is 0 Å². The van der Waals surface area contributed by atoms with E-state index in [-0.39, 0.29) is 12.5 Å². The molecular weight excluding hydrogens is 288 g/mol. The van der Waals surface area contributed by atoms with Crippen LogP contribution in [0.4, 0.5) is 5.69 Å². The van der Waals surface area contributed by atoms with Crippen molar-refractivity contribution in [1.82, 2.24) is 4.31 Å². The number of rotatable bonds is 5. The van der Waals surface area contributed by atoms with Crippen molar-refractivity contribution in [3.63, 3.8) is 0 Å². The van der Waals surface area contributed by atoms with Crippen LogP contribution in [0.3, 0.4) is 0 Å². The largest absolute Gasteiger partial charge is 0.396 e. The molecule has 0 spiro atoms. The monoisotopic (exact) mass is 312 g/mol. The van der Waals surface area contributed by atoms with E-state index in [0.717, 1.165) is 18.4 Å². The van der Waals surface area contributed by atoms with Crippen molar-refractivity contribution in [3.05, 3.63) is 29.8 Å². The smallest absolute Gasteiger partial charge is 0.304 e. The van der Waals surface area contributed by atoms with Crippen LogP contribution < -0.4 is 4.31 Å². The van der Waals surface area contributed by atoms with Crippen LogP contribution >= 0.6 is 0 Å². The average molecular weight is 312 g/mol. The zero-order valence-electron chi connectivity index (χ0n) is 12.7. The van der Waals surface area contributed by atoms with Crippen LogP contribution in [0.25, 0.3) is 0 Å². The van der Waals surface area contributed by atoms with Gasteiger partial charge < -0.3 is 5.11 Å². The molecule has 1 aliphatic heterocycles. The van der Waals surface area contributed by atoms with E-state index in [0.29, 0.717) is 25.3 Å². The maximum Gasteiger partial charge on any atom is 0.304 e. The van der Waals surface area contributed by atoms with Gasteiger partial charge in [0.2, 0.25) is 0 Å². The summed E-state index contributed by atoms with van der Waals surface area (Å²) in [5.74, 6) is 0.0461. The zero-order chi connectivity index (χ0) is 15.5. The van der Waals surface area contributed by atoms with Crippen LogP contribution in [0, 0.1) is 12.8 Å². The van der Waals surface area contributed by atoms with E-state index in [1.54, 1.807) is 0 Å². The number of aliphatic hydroxyl groups is 1. The molecule has 1 fully saturated rings. The molecule has 1 aliphatic rings. The summed E-state index contributed by atoms with van der Waals surface area (Å²) in [5, 5.41) is 9.29. The summed E-state index contributed by atoms with van der Waals surface area (Å²) in [5.41, 5.74) is 1.73. The molecule has 5 nitrogen and oxygen atoms in total. The minimum absolute atomic E-state index is 0.0442. The van der Waals surface area contributed by atoms with Crippen LogP contribution in [0.5, 0.6) is 0 Å². The molecule has 1 aromatic rings. The zero-order valence-corrected chi connectivity index (χ0v) is 13.5. The number of aryl methyl sites for hydroxylation is 1. The second kappa shape index (κ2) is 6.77. The van der Waals surface area contributed by atoms with E-state index in [2.05, 4.69) is 0 Å². The fourth-order valence-electron chi connectivity index (χ4n) is 2.79. The molecule has 0 radical (unpaired) electrons. The molecule has 0 bridgehead atoms. The van der Waals surface area contributed by atoms with Gasteiger partial charge in [0, 0.05) is 26.2 Å². The molecule has 0 aliphatic carbocycles. The Morgan fingerprint density at radius 3 is 2.81 bits per heavy atom. The predicted molar refractivity (Wildman–Crippen MR) is 84.5 cm³/mol. The summed E-state index contributed by atoms with van der Waals surface area (Å²) in [4.78, 5) is 0. The third kappa shape index (κ3) is 3.56. The third-order valence-corrected chi connectivity index (χ3v) is 5.93. The lowest BCUT2D eigenvalue weighted by Gasteiger charge is -2.35. The highest BCUT2D eigenvalue weighted by Gasteiger charge is 2.33. The van der Waals surface area contributed by atoms with Gasteiger partial charge >= 0.3 is 10.2 Å². The van der Waals surface area contributed by atoms with Crippen molar-refractivity contribution < 1.29 is 13.5 Å². The van der Waals surface area contributed by atoms with Gasteiger partial charge in [-0.1, -0.05) is 12.1 Å². The molecule has 0 saturated carbocycles. The minimum Gasteiger partial charge on any atom is -0.396 e. The molecule has 1 unspecified atom stereocenters. The molecule has 6 heteroatoms. The summed E-state index contributed by atoms with van der Waals surface area (Å²) in [6.45, 7) is 5.16. The second-order valence-electron chi connectivity index (χ2n) is 5.56. The molecule has 2 rings (SSSR count). The lowest BCUT2D eigenvalue weighted by Crippen LogP contribution is -2.48. The topological polar surface area (TPSA) is 60.9 Å². The Hall–Kier alpha value is -1.11. The van der Waals surface area contributed by atoms with Crippen LogP contribution in [-0.4, -0.2) is 44.1 Å². The Morgan fingerprint density at radius 2 is 2.19 bits per heavy atom. The molecule has 118 valence electrons. The van der Waals surface area contributed by atoms with Gasteiger partial charge in [0.25, 0.3) is 0 Å². The highest BCUT2D eigenvalue weighted by atomic mass is 32.2. The first-order chi connectivity index (χ1) is 9.98. The number of hydrogen-bond acceptors (Lipinski definition) is 3. The Labute approximate surface area is 127 Å². The first kappa shape index (κ1) is 16.3. The standard InChI is InChI=1S/C15H24N2O3S/c1-3-17(15-8-4-6-13(2)10-15)21(19,20)16-9-5-7-14(11-16)12-18/h4,6,8,10,14,18H,3,5,7,9,11-12H2,1-2H3. The maximum atomic E-state index is 12.9. The lowest BCUT2D eigenvalue weighted by molar-refractivity contribution is 0.165. The molecule has 0 aromatic heterocycles. The maximum absolute atomic E-state index is 12.9. The molecular formula is C15H24N2O3S. The number of piperidine rings is 1. The summed E-state index contributed by atoms with van der Waals surface area (Å²) < 4.78 is 28.7. The van der Waals surface area contributed by atoms with Gasteiger partial charge in [-0.05, 0) is 50.3 Å². The highest BCUT2D eigenvalue weighted by Crippen LogP contribution is 2.25. The fraction of sp³-hybridized carbons (Fsp3) is 0.600. The van der Waals surface area contributed by atoms with Crippen LogP contribution in [0.1, 0.15) is 25.3 Å². The van der Waals surface area contributed by atoms with Crippen molar-refractivity contribution in [3.8, 4) is 0 Å². The highest BCUT2D eigenvalue weighted by molar-refractivity contribution is 7.90. The second-order valence-corrected chi connectivity index (χ2v) is 7.41. The van der Waals surface area contributed by atoms with E-state index >= 15 is 0 Å². The Kier molecular flexibility index (Phi) is 5.24. The summed E-state index contributed by atoms with van der Waals surface area (Å²) in [6.07, 6.45) is 1.69. The molecule has 0 amide bonds. The van der Waals surface area contributed by atoms with Crippen molar-refractivity contribution in [1.29, 1.82) is 0 Å². The van der Waals surface area contributed by atoms with Crippen molar-refractivity contribution in [2.45, 2.75) is 26.7 Å². The van der Waals surface area contributed by atoms with Crippen LogP contribution in [-0.2, 0) is 10.2 Å². The van der Waals surface area contributed by atoms with Gasteiger partial charge in [-0.15, -0.1) is 0 Å². The van der Waals surface area contributed by atoms with Gasteiger partial charge in [-0.2, -0.15) is 12.7 Å². The Balaban J connectivity index is 2.27. The molecule has 1 saturated heterocycles. The third-order valence-electron chi connectivity index (χ3n) is 3.92. The number of hydrogen-bond donors (Lipinski definition) is 1. The van der Waals surface area contributed by atoms with Crippen molar-refractivity contribution in [2.75, 3.05) is 30.5 Å². The molecule has 1 atom stereocenters.